The molecule has 4 nitrogen and oxygen atoms in total. The van der Waals surface area contributed by atoms with E-state index in [1.807, 2.05) is 18.7 Å². The van der Waals surface area contributed by atoms with Gasteiger partial charge in [0.05, 0.1) is 6.54 Å². The van der Waals surface area contributed by atoms with Gasteiger partial charge in [-0.3, -0.25) is 9.59 Å². The van der Waals surface area contributed by atoms with Crippen molar-refractivity contribution in [3.8, 4) is 0 Å². The molecule has 0 spiro atoms. The lowest BCUT2D eigenvalue weighted by molar-refractivity contribution is -0.153. The van der Waals surface area contributed by atoms with Gasteiger partial charge in [-0.1, -0.05) is 27.7 Å². The molecule has 0 aromatic heterocycles. The van der Waals surface area contributed by atoms with Crippen molar-refractivity contribution in [2.45, 2.75) is 65.0 Å². The minimum Gasteiger partial charge on any atom is -0.340 e. The molecule has 3 atom stereocenters. The van der Waals surface area contributed by atoms with Crippen molar-refractivity contribution >= 4 is 11.8 Å². The van der Waals surface area contributed by atoms with Gasteiger partial charge in [-0.25, -0.2) is 0 Å². The zero-order chi connectivity index (χ0) is 14.2. The van der Waals surface area contributed by atoms with Crippen LogP contribution in [0.5, 0.6) is 0 Å². The Morgan fingerprint density at radius 3 is 2.32 bits per heavy atom. The number of carbonyl (C=O) groups excluding carboxylic acids is 2. The molecular formula is C15H26N2O2. The molecule has 1 aliphatic carbocycles. The number of amides is 2. The SMILES string of the molecule is CCC1(CC)NC(=O)CN(C2CCC(C)C2C)C1=O. The van der Waals surface area contributed by atoms with E-state index in [0.717, 1.165) is 12.8 Å². The third-order valence-electron chi connectivity index (χ3n) is 5.39. The maximum Gasteiger partial charge on any atom is 0.249 e. The minimum atomic E-state index is -0.666. The van der Waals surface area contributed by atoms with Crippen molar-refractivity contribution in [3.05, 3.63) is 0 Å². The molecule has 2 rings (SSSR count). The summed E-state index contributed by atoms with van der Waals surface area (Å²) in [6.07, 6.45) is 3.52. The summed E-state index contributed by atoms with van der Waals surface area (Å²) in [7, 11) is 0. The molecule has 2 fully saturated rings. The van der Waals surface area contributed by atoms with E-state index in [4.69, 9.17) is 0 Å². The van der Waals surface area contributed by atoms with Crippen LogP contribution in [0.15, 0.2) is 0 Å². The first-order valence-corrected chi connectivity index (χ1v) is 7.57. The average Bonchev–Trinajstić information content (AvgIpc) is 2.73. The molecular weight excluding hydrogens is 240 g/mol. The van der Waals surface area contributed by atoms with Gasteiger partial charge in [0, 0.05) is 6.04 Å². The first-order valence-electron chi connectivity index (χ1n) is 7.57. The molecule has 2 amide bonds. The Balaban J connectivity index is 2.25. The summed E-state index contributed by atoms with van der Waals surface area (Å²) in [4.78, 5) is 26.7. The van der Waals surface area contributed by atoms with E-state index in [2.05, 4.69) is 19.2 Å². The van der Waals surface area contributed by atoms with Crippen molar-refractivity contribution < 1.29 is 9.59 Å². The van der Waals surface area contributed by atoms with Gasteiger partial charge in [-0.15, -0.1) is 0 Å². The monoisotopic (exact) mass is 266 g/mol. The number of hydrogen-bond acceptors (Lipinski definition) is 2. The lowest BCUT2D eigenvalue weighted by Crippen LogP contribution is -2.68. The standard InChI is InChI=1S/C15H26N2O2/c1-5-15(6-2)14(19)17(9-13(18)16-15)12-8-7-10(3)11(12)4/h10-12H,5-9H2,1-4H3,(H,16,18). The highest BCUT2D eigenvalue weighted by Crippen LogP contribution is 2.37. The Labute approximate surface area is 115 Å². The van der Waals surface area contributed by atoms with Gasteiger partial charge in [0.15, 0.2) is 0 Å². The van der Waals surface area contributed by atoms with Crippen molar-refractivity contribution in [1.82, 2.24) is 10.2 Å². The first kappa shape index (κ1) is 14.4. The van der Waals surface area contributed by atoms with Gasteiger partial charge in [0.1, 0.15) is 5.54 Å². The van der Waals surface area contributed by atoms with E-state index in [0.29, 0.717) is 24.7 Å². The molecule has 0 aromatic carbocycles. The normalized spacial score (nSPS) is 34.5. The van der Waals surface area contributed by atoms with Crippen LogP contribution in [0.1, 0.15) is 53.4 Å². The molecule has 4 heteroatoms. The third-order valence-corrected chi connectivity index (χ3v) is 5.39. The van der Waals surface area contributed by atoms with Gasteiger partial charge < -0.3 is 10.2 Å². The highest BCUT2D eigenvalue weighted by molar-refractivity contribution is 5.98. The highest BCUT2D eigenvalue weighted by atomic mass is 16.2. The predicted molar refractivity (Wildman–Crippen MR) is 74.5 cm³/mol. The van der Waals surface area contributed by atoms with Crippen molar-refractivity contribution in [2.24, 2.45) is 11.8 Å². The number of hydrogen-bond donors (Lipinski definition) is 1. The number of nitrogens with zero attached hydrogens (tertiary/aromatic N) is 1. The lowest BCUT2D eigenvalue weighted by Gasteiger charge is -2.44. The van der Waals surface area contributed by atoms with Crippen LogP contribution < -0.4 is 5.32 Å². The van der Waals surface area contributed by atoms with Crippen LogP contribution in [-0.2, 0) is 9.59 Å². The minimum absolute atomic E-state index is 0.00458. The second-order valence-electron chi connectivity index (χ2n) is 6.25. The molecule has 1 N–H and O–H groups in total. The predicted octanol–water partition coefficient (Wildman–Crippen LogP) is 1.94. The van der Waals surface area contributed by atoms with Crippen molar-refractivity contribution in [2.75, 3.05) is 6.54 Å². The fourth-order valence-electron chi connectivity index (χ4n) is 3.64. The van der Waals surface area contributed by atoms with Gasteiger partial charge in [-0.2, -0.15) is 0 Å². The van der Waals surface area contributed by atoms with E-state index in [9.17, 15) is 9.59 Å². The third kappa shape index (κ3) is 2.26. The Morgan fingerprint density at radius 2 is 1.84 bits per heavy atom. The summed E-state index contributed by atoms with van der Waals surface area (Å²) in [6.45, 7) is 8.65. The fraction of sp³-hybridized carbons (Fsp3) is 0.867. The molecule has 0 radical (unpaired) electrons. The lowest BCUT2D eigenvalue weighted by atomic mass is 9.87. The summed E-state index contributed by atoms with van der Waals surface area (Å²) in [5, 5.41) is 2.93. The van der Waals surface area contributed by atoms with E-state index < -0.39 is 5.54 Å². The highest BCUT2D eigenvalue weighted by Gasteiger charge is 2.48. The van der Waals surface area contributed by atoms with Gasteiger partial charge >= 0.3 is 0 Å². The number of carbonyl (C=O) groups is 2. The summed E-state index contributed by atoms with van der Waals surface area (Å²) in [6, 6.07) is 0.242. The summed E-state index contributed by atoms with van der Waals surface area (Å²) < 4.78 is 0. The largest absolute Gasteiger partial charge is 0.340 e. The van der Waals surface area contributed by atoms with Crippen molar-refractivity contribution in [1.29, 1.82) is 0 Å². The first-order chi connectivity index (χ1) is 8.95. The molecule has 0 bridgehead atoms. The summed E-state index contributed by atoms with van der Waals surface area (Å²) >= 11 is 0. The Kier molecular flexibility index (Phi) is 3.88. The van der Waals surface area contributed by atoms with Crippen LogP contribution in [0.4, 0.5) is 0 Å². The molecule has 108 valence electrons. The maximum absolute atomic E-state index is 12.8. The van der Waals surface area contributed by atoms with Crippen LogP contribution in [-0.4, -0.2) is 34.8 Å². The number of nitrogens with one attached hydrogen (secondary N) is 1. The van der Waals surface area contributed by atoms with Gasteiger partial charge in [-0.05, 0) is 37.5 Å². The van der Waals surface area contributed by atoms with Gasteiger partial charge in [0.2, 0.25) is 11.8 Å². The second kappa shape index (κ2) is 5.14. The van der Waals surface area contributed by atoms with Crippen LogP contribution in [0, 0.1) is 11.8 Å². The molecule has 1 saturated carbocycles. The zero-order valence-electron chi connectivity index (χ0n) is 12.5. The Hall–Kier alpha value is -1.06. The Morgan fingerprint density at radius 1 is 1.21 bits per heavy atom. The second-order valence-corrected chi connectivity index (χ2v) is 6.25. The molecule has 1 aliphatic heterocycles. The summed E-state index contributed by atoms with van der Waals surface area (Å²) in [5.74, 6) is 1.25. The smallest absolute Gasteiger partial charge is 0.249 e. The van der Waals surface area contributed by atoms with Crippen LogP contribution >= 0.6 is 0 Å². The number of piperazine rings is 1. The number of rotatable bonds is 3. The van der Waals surface area contributed by atoms with E-state index in [-0.39, 0.29) is 24.4 Å². The molecule has 1 saturated heterocycles. The molecule has 0 aromatic rings. The molecule has 19 heavy (non-hydrogen) atoms. The topological polar surface area (TPSA) is 49.4 Å². The quantitative estimate of drug-likeness (QED) is 0.848. The Bertz CT molecular complexity index is 376. The molecule has 1 heterocycles. The van der Waals surface area contributed by atoms with E-state index >= 15 is 0 Å². The van der Waals surface area contributed by atoms with Crippen LogP contribution in [0.2, 0.25) is 0 Å². The van der Waals surface area contributed by atoms with Gasteiger partial charge in [0.25, 0.3) is 0 Å². The summed E-state index contributed by atoms with van der Waals surface area (Å²) in [5.41, 5.74) is -0.666. The molecule has 3 unspecified atom stereocenters. The van der Waals surface area contributed by atoms with E-state index in [1.165, 1.54) is 0 Å². The average molecular weight is 266 g/mol. The van der Waals surface area contributed by atoms with Crippen molar-refractivity contribution in [3.63, 3.8) is 0 Å². The fourth-order valence-corrected chi connectivity index (χ4v) is 3.64. The maximum atomic E-state index is 12.8. The van der Waals surface area contributed by atoms with E-state index in [1.54, 1.807) is 0 Å². The van der Waals surface area contributed by atoms with Crippen LogP contribution in [0.3, 0.4) is 0 Å². The zero-order valence-corrected chi connectivity index (χ0v) is 12.5. The van der Waals surface area contributed by atoms with Crippen LogP contribution in [0.25, 0.3) is 0 Å². The molecule has 2 aliphatic rings.